The highest BCUT2D eigenvalue weighted by atomic mass is 35.5. The van der Waals surface area contributed by atoms with Crippen LogP contribution in [-0.4, -0.2) is 54.3 Å². The molecular weight excluding hydrogens is 436 g/mol. The molecule has 1 aliphatic carbocycles. The predicted octanol–water partition coefficient (Wildman–Crippen LogP) is 1.64. The Bertz CT molecular complexity index is 1070. The number of nitrogens with zero attached hydrogens (tertiary/aromatic N) is 3. The van der Waals surface area contributed by atoms with E-state index in [2.05, 4.69) is 20.6 Å². The number of benzene rings is 1. The van der Waals surface area contributed by atoms with Crippen LogP contribution in [-0.2, 0) is 16.0 Å². The normalized spacial score (nSPS) is 23.9. The number of anilines is 2. The van der Waals surface area contributed by atoms with E-state index in [1.165, 1.54) is 11.1 Å². The summed E-state index contributed by atoms with van der Waals surface area (Å²) in [6.07, 6.45) is 2.17. The third-order valence-corrected chi connectivity index (χ3v) is 6.37. The maximum absolute atomic E-state index is 12.3. The van der Waals surface area contributed by atoms with Gasteiger partial charge in [-0.1, -0.05) is 23.7 Å². The fourth-order valence-corrected chi connectivity index (χ4v) is 4.60. The zero-order valence-electron chi connectivity index (χ0n) is 17.2. The standard InChI is InChI=1S/C21H23ClN6O4/c22-15-3-1-2-13-14(15)6-11(18(13)23)7-24-5-4-12-9-28(21(30)32-12)16-8-25-20-19(26-16)27-17(29)10-31-20/h1-3,8,11-12,18,24H,4-7,9-10,23H2,(H,26,27,29)/t11-,12-,18-/m0/s1. The van der Waals surface area contributed by atoms with Gasteiger partial charge in [0.15, 0.2) is 18.2 Å². The smallest absolute Gasteiger partial charge is 0.415 e. The first kappa shape index (κ1) is 20.9. The lowest BCUT2D eigenvalue weighted by Crippen LogP contribution is -2.32. The highest BCUT2D eigenvalue weighted by molar-refractivity contribution is 6.31. The van der Waals surface area contributed by atoms with Crippen molar-refractivity contribution >= 4 is 35.2 Å². The van der Waals surface area contributed by atoms with Gasteiger partial charge in [-0.2, -0.15) is 0 Å². The van der Waals surface area contributed by atoms with Crippen LogP contribution in [0.1, 0.15) is 23.6 Å². The minimum absolute atomic E-state index is 0.0388. The van der Waals surface area contributed by atoms with Gasteiger partial charge >= 0.3 is 6.09 Å². The quantitative estimate of drug-likeness (QED) is 0.556. The highest BCUT2D eigenvalue weighted by Crippen LogP contribution is 2.37. The summed E-state index contributed by atoms with van der Waals surface area (Å²) in [7, 11) is 0. The zero-order chi connectivity index (χ0) is 22.2. The molecule has 168 valence electrons. The molecule has 1 saturated heterocycles. The van der Waals surface area contributed by atoms with Gasteiger partial charge in [0.25, 0.3) is 11.8 Å². The van der Waals surface area contributed by atoms with E-state index in [4.69, 9.17) is 26.8 Å². The molecule has 0 unspecified atom stereocenters. The number of hydrogen-bond acceptors (Lipinski definition) is 8. The number of nitrogens with one attached hydrogen (secondary N) is 2. The van der Waals surface area contributed by atoms with E-state index in [-0.39, 0.29) is 42.3 Å². The molecule has 0 saturated carbocycles. The van der Waals surface area contributed by atoms with Crippen LogP contribution in [0.5, 0.6) is 5.88 Å². The number of carbonyl (C=O) groups excluding carboxylic acids is 2. The Balaban J connectivity index is 1.12. The topological polar surface area (TPSA) is 132 Å². The van der Waals surface area contributed by atoms with Gasteiger partial charge in [-0.15, -0.1) is 0 Å². The van der Waals surface area contributed by atoms with Crippen LogP contribution in [0.15, 0.2) is 24.4 Å². The molecule has 3 atom stereocenters. The molecule has 3 aliphatic rings. The summed E-state index contributed by atoms with van der Waals surface area (Å²) in [5.74, 6) is 0.697. The molecule has 1 fully saturated rings. The summed E-state index contributed by atoms with van der Waals surface area (Å²) in [5.41, 5.74) is 8.66. The number of hydrogen-bond donors (Lipinski definition) is 3. The number of ether oxygens (including phenoxy) is 2. The second-order valence-electron chi connectivity index (χ2n) is 8.13. The van der Waals surface area contributed by atoms with Gasteiger partial charge in [-0.3, -0.25) is 9.69 Å². The number of aromatic nitrogens is 2. The van der Waals surface area contributed by atoms with Crippen molar-refractivity contribution in [3.05, 3.63) is 40.5 Å². The number of fused-ring (bicyclic) bond motifs is 2. The van der Waals surface area contributed by atoms with Gasteiger partial charge in [0.2, 0.25) is 0 Å². The number of halogens is 1. The first-order valence-corrected chi connectivity index (χ1v) is 10.9. The Hall–Kier alpha value is -2.95. The second-order valence-corrected chi connectivity index (χ2v) is 8.53. The fraction of sp³-hybridized carbons (Fsp3) is 0.429. The van der Waals surface area contributed by atoms with Crippen molar-refractivity contribution in [2.75, 3.05) is 36.5 Å². The van der Waals surface area contributed by atoms with Crippen LogP contribution in [0.2, 0.25) is 5.02 Å². The van der Waals surface area contributed by atoms with Crippen LogP contribution in [0.4, 0.5) is 16.4 Å². The van der Waals surface area contributed by atoms with Crippen molar-refractivity contribution in [3.8, 4) is 5.88 Å². The monoisotopic (exact) mass is 458 g/mol. The van der Waals surface area contributed by atoms with Crippen LogP contribution in [0.3, 0.4) is 0 Å². The van der Waals surface area contributed by atoms with Crippen LogP contribution < -0.4 is 26.0 Å². The van der Waals surface area contributed by atoms with E-state index in [0.29, 0.717) is 25.3 Å². The highest BCUT2D eigenvalue weighted by Gasteiger charge is 2.35. The van der Waals surface area contributed by atoms with Crippen molar-refractivity contribution in [3.63, 3.8) is 0 Å². The Morgan fingerprint density at radius 3 is 3.06 bits per heavy atom. The summed E-state index contributed by atoms with van der Waals surface area (Å²) in [6, 6.07) is 5.84. The van der Waals surface area contributed by atoms with Gasteiger partial charge in [-0.05, 0) is 42.5 Å². The number of rotatable bonds is 6. The van der Waals surface area contributed by atoms with Crippen molar-refractivity contribution in [2.24, 2.45) is 11.7 Å². The number of nitrogens with two attached hydrogens (primary N) is 1. The third-order valence-electron chi connectivity index (χ3n) is 6.01. The second kappa shape index (κ2) is 8.53. The SMILES string of the molecule is N[C@@H]1c2cccc(Cl)c2C[C@H]1CNCC[C@H]1CN(c2cnc3c(n2)NC(=O)CO3)C(=O)O1. The molecule has 0 spiro atoms. The van der Waals surface area contributed by atoms with Gasteiger partial charge < -0.3 is 25.8 Å². The van der Waals surface area contributed by atoms with Crippen LogP contribution >= 0.6 is 11.6 Å². The maximum Gasteiger partial charge on any atom is 0.415 e. The van der Waals surface area contributed by atoms with Crippen molar-refractivity contribution in [1.82, 2.24) is 15.3 Å². The first-order chi connectivity index (χ1) is 15.5. The van der Waals surface area contributed by atoms with E-state index < -0.39 is 6.09 Å². The molecular formula is C21H23ClN6O4. The molecule has 2 aromatic rings. The van der Waals surface area contributed by atoms with Crippen LogP contribution in [0.25, 0.3) is 0 Å². The van der Waals surface area contributed by atoms with E-state index in [9.17, 15) is 9.59 Å². The summed E-state index contributed by atoms with van der Waals surface area (Å²) < 4.78 is 10.7. The molecule has 3 heterocycles. The molecule has 32 heavy (non-hydrogen) atoms. The summed E-state index contributed by atoms with van der Waals surface area (Å²) in [5, 5.41) is 6.79. The minimum atomic E-state index is -0.491. The van der Waals surface area contributed by atoms with E-state index in [1.807, 2.05) is 18.2 Å². The average Bonchev–Trinajstić information content (AvgIpc) is 3.31. The zero-order valence-corrected chi connectivity index (χ0v) is 18.0. The first-order valence-electron chi connectivity index (χ1n) is 10.5. The molecule has 2 aliphatic heterocycles. The van der Waals surface area contributed by atoms with Crippen molar-refractivity contribution < 1.29 is 19.1 Å². The van der Waals surface area contributed by atoms with E-state index in [0.717, 1.165) is 29.1 Å². The summed E-state index contributed by atoms with van der Waals surface area (Å²) in [4.78, 5) is 33.6. The minimum Gasteiger partial charge on any atom is -0.465 e. The van der Waals surface area contributed by atoms with Crippen molar-refractivity contribution in [1.29, 1.82) is 0 Å². The summed E-state index contributed by atoms with van der Waals surface area (Å²) in [6.45, 7) is 1.69. The maximum atomic E-state index is 12.3. The molecule has 1 aromatic carbocycles. The van der Waals surface area contributed by atoms with Gasteiger partial charge in [-0.25, -0.2) is 14.8 Å². The molecule has 2 amide bonds. The Kier molecular flexibility index (Phi) is 5.58. The van der Waals surface area contributed by atoms with Gasteiger partial charge in [0.1, 0.15) is 6.10 Å². The fourth-order valence-electron chi connectivity index (χ4n) is 4.34. The Labute approximate surface area is 189 Å². The number of cyclic esters (lactones) is 1. The average molecular weight is 459 g/mol. The Morgan fingerprint density at radius 2 is 2.22 bits per heavy atom. The number of carbonyl (C=O) groups is 2. The Morgan fingerprint density at radius 1 is 1.34 bits per heavy atom. The van der Waals surface area contributed by atoms with E-state index in [1.54, 1.807) is 0 Å². The lowest BCUT2D eigenvalue weighted by Gasteiger charge is -2.18. The van der Waals surface area contributed by atoms with Crippen LogP contribution in [0, 0.1) is 5.92 Å². The molecule has 1 aromatic heterocycles. The molecule has 0 radical (unpaired) electrons. The van der Waals surface area contributed by atoms with Gasteiger partial charge in [0, 0.05) is 17.6 Å². The summed E-state index contributed by atoms with van der Waals surface area (Å²) >= 11 is 6.31. The molecule has 11 heteroatoms. The third kappa shape index (κ3) is 3.96. The predicted molar refractivity (Wildman–Crippen MR) is 117 cm³/mol. The number of amides is 2. The molecule has 4 N–H and O–H groups in total. The molecule has 10 nitrogen and oxygen atoms in total. The lowest BCUT2D eigenvalue weighted by atomic mass is 10.0. The van der Waals surface area contributed by atoms with Crippen molar-refractivity contribution in [2.45, 2.75) is 25.0 Å². The molecule has 5 rings (SSSR count). The molecule has 0 bridgehead atoms. The largest absolute Gasteiger partial charge is 0.465 e. The van der Waals surface area contributed by atoms with Gasteiger partial charge in [0.05, 0.1) is 12.7 Å². The lowest BCUT2D eigenvalue weighted by molar-refractivity contribution is -0.118. The van der Waals surface area contributed by atoms with E-state index >= 15 is 0 Å².